The van der Waals surface area contributed by atoms with E-state index in [-0.39, 0.29) is 0 Å². The lowest BCUT2D eigenvalue weighted by Gasteiger charge is -2.17. The molecule has 6 aromatic rings. The van der Waals surface area contributed by atoms with Crippen molar-refractivity contribution in [2.45, 2.75) is 67.2 Å². The third-order valence-electron chi connectivity index (χ3n) is 9.21. The SMILES string of the molecule is CI.CSc1nc(NCc2ccccc2)nc2c1ncn2[C@@H]1O[C@H](CO)[C@@H](O)[C@H]1O.OC[C@H]1O[C@@H](n2cnc3c(=S)nc(NCc4ccccc4)[nH]c32)[C@H](O)[C@@H]1O. The molecule has 0 saturated carbocycles. The average molecular weight is 935 g/mol. The molecule has 2 aliphatic rings. The standard InChI is InChI=1S/C18H21N5O4S.C17H19N5O4S.CH3I/c1-28-16-12-15(21-18(22-16)19-7-10-5-3-2-4-6-10)23(9-20-12)17-14(26)13(25)11(8-24)27-17;23-7-10-12(24)13(25)16(26-10)22-8-19-11-14(22)20-17(21-15(11)27)18-6-9-4-2-1-3-5-9;1-2/h2-6,9,11,13-14,17,24-26H,7-8H2,1H3,(H,19,21,22);1-5,8,10,12-13,16,23-25H,6-7H2,(H2,18,20,21,27);1H3/t11-,13-,14-,17-;10-,12-,13-,16-;/m11./s1. The molecule has 0 radical (unpaired) electrons. The Balaban J connectivity index is 0.000000185. The van der Waals surface area contributed by atoms with Crippen LogP contribution in [0.3, 0.4) is 0 Å². The highest BCUT2D eigenvalue weighted by Gasteiger charge is 2.45. The van der Waals surface area contributed by atoms with Crippen molar-refractivity contribution in [3.63, 3.8) is 0 Å². The second-order valence-electron chi connectivity index (χ2n) is 12.8. The summed E-state index contributed by atoms with van der Waals surface area (Å²) in [6, 6.07) is 19.7. The Kier molecular flexibility index (Phi) is 14.8. The van der Waals surface area contributed by atoms with E-state index in [1.54, 1.807) is 9.13 Å². The quantitative estimate of drug-likeness (QED) is 0.0298. The first-order valence-electron chi connectivity index (χ1n) is 17.6. The van der Waals surface area contributed by atoms with Crippen molar-refractivity contribution in [1.82, 2.24) is 39.0 Å². The van der Waals surface area contributed by atoms with E-state index < -0.39 is 62.3 Å². The first-order valence-corrected chi connectivity index (χ1v) is 21.4. The van der Waals surface area contributed by atoms with Gasteiger partial charge in [0, 0.05) is 13.1 Å². The van der Waals surface area contributed by atoms with Gasteiger partial charge in [-0.05, 0) is 22.3 Å². The monoisotopic (exact) mass is 934 g/mol. The zero-order valence-corrected chi connectivity index (χ0v) is 34.5. The molecular weight excluding hydrogens is 891 g/mol. The Morgan fingerprint density at radius 1 is 0.737 bits per heavy atom. The largest absolute Gasteiger partial charge is 0.394 e. The summed E-state index contributed by atoms with van der Waals surface area (Å²) in [5.41, 5.74) is 4.18. The van der Waals surface area contributed by atoms with Gasteiger partial charge in [0.1, 0.15) is 58.3 Å². The Labute approximate surface area is 349 Å². The van der Waals surface area contributed by atoms with E-state index in [1.165, 1.54) is 24.4 Å². The molecule has 4 aromatic heterocycles. The van der Waals surface area contributed by atoms with Gasteiger partial charge in [-0.15, -0.1) is 11.8 Å². The second kappa shape index (κ2) is 19.7. The number of thioether (sulfide) groups is 1. The highest BCUT2D eigenvalue weighted by Crippen LogP contribution is 2.34. The van der Waals surface area contributed by atoms with E-state index in [0.717, 1.165) is 11.1 Å². The number of hydrogen-bond acceptors (Lipinski definition) is 17. The summed E-state index contributed by atoms with van der Waals surface area (Å²) in [5, 5.41) is 66.3. The van der Waals surface area contributed by atoms with Crippen LogP contribution in [0.1, 0.15) is 23.6 Å². The molecule has 18 nitrogen and oxygen atoms in total. The number of nitrogens with zero attached hydrogens (tertiary/aromatic N) is 7. The van der Waals surface area contributed by atoms with Gasteiger partial charge in [0.2, 0.25) is 11.9 Å². The Morgan fingerprint density at radius 2 is 1.26 bits per heavy atom. The molecule has 0 bridgehead atoms. The molecule has 9 N–H and O–H groups in total. The van der Waals surface area contributed by atoms with Crippen molar-refractivity contribution in [3.8, 4) is 0 Å². The number of aromatic nitrogens is 8. The van der Waals surface area contributed by atoms with Crippen LogP contribution in [0.2, 0.25) is 0 Å². The summed E-state index contributed by atoms with van der Waals surface area (Å²) >= 11 is 8.91. The lowest BCUT2D eigenvalue weighted by Crippen LogP contribution is -2.33. The number of nitrogens with one attached hydrogen (secondary N) is 3. The topological polar surface area (TPSA) is 254 Å². The maximum Gasteiger partial charge on any atom is 0.226 e. The number of rotatable bonds is 11. The maximum absolute atomic E-state index is 10.3. The van der Waals surface area contributed by atoms with Gasteiger partial charge in [-0.2, -0.15) is 4.98 Å². The van der Waals surface area contributed by atoms with Crippen LogP contribution in [0.5, 0.6) is 0 Å². The van der Waals surface area contributed by atoms with Gasteiger partial charge in [-0.3, -0.25) is 9.13 Å². The van der Waals surface area contributed by atoms with Crippen molar-refractivity contribution in [3.05, 3.63) is 89.1 Å². The number of ether oxygens (including phenoxy) is 2. The predicted molar refractivity (Wildman–Crippen MR) is 223 cm³/mol. The van der Waals surface area contributed by atoms with E-state index in [9.17, 15) is 30.6 Å². The van der Waals surface area contributed by atoms with Crippen LogP contribution in [0.4, 0.5) is 11.9 Å². The van der Waals surface area contributed by atoms with Gasteiger partial charge in [-0.25, -0.2) is 19.9 Å². The minimum atomic E-state index is -1.21. The molecule has 0 amide bonds. The highest BCUT2D eigenvalue weighted by molar-refractivity contribution is 14.1. The lowest BCUT2D eigenvalue weighted by molar-refractivity contribution is -0.0511. The molecule has 8 rings (SSSR count). The summed E-state index contributed by atoms with van der Waals surface area (Å²) in [6.07, 6.45) is -3.49. The molecule has 304 valence electrons. The number of hydrogen-bond donors (Lipinski definition) is 9. The summed E-state index contributed by atoms with van der Waals surface area (Å²) in [5.74, 6) is 0.874. The number of halogens is 1. The normalized spacial score (nSPS) is 24.2. The van der Waals surface area contributed by atoms with Gasteiger partial charge >= 0.3 is 0 Å². The molecule has 21 heteroatoms. The molecule has 8 atom stereocenters. The minimum absolute atomic E-state index is 0.296. The first kappa shape index (κ1) is 42.7. The first-order chi connectivity index (χ1) is 27.7. The smallest absolute Gasteiger partial charge is 0.226 e. The van der Waals surface area contributed by atoms with Gasteiger partial charge in [0.25, 0.3) is 0 Å². The van der Waals surface area contributed by atoms with Crippen LogP contribution in [0.15, 0.2) is 78.3 Å². The molecule has 2 aromatic carbocycles. The Bertz CT molecular complexity index is 2270. The van der Waals surface area contributed by atoms with Gasteiger partial charge < -0.3 is 55.7 Å². The molecule has 0 aliphatic carbocycles. The molecule has 2 saturated heterocycles. The van der Waals surface area contributed by atoms with Gasteiger partial charge in [0.15, 0.2) is 22.7 Å². The fourth-order valence-corrected chi connectivity index (χ4v) is 7.04. The van der Waals surface area contributed by atoms with Crippen LogP contribution in [0.25, 0.3) is 22.3 Å². The molecule has 0 unspecified atom stereocenters. The average Bonchev–Trinajstić information content (AvgIpc) is 4.01. The number of aromatic amines is 1. The summed E-state index contributed by atoms with van der Waals surface area (Å²) in [4.78, 5) is 27.0. The number of benzene rings is 2. The third kappa shape index (κ3) is 9.38. The lowest BCUT2D eigenvalue weighted by atomic mass is 10.1. The van der Waals surface area contributed by atoms with E-state index in [1.807, 2.05) is 71.8 Å². The summed E-state index contributed by atoms with van der Waals surface area (Å²) < 4.78 is 14.6. The number of alkyl halides is 1. The van der Waals surface area contributed by atoms with E-state index in [0.29, 0.717) is 57.0 Å². The summed E-state index contributed by atoms with van der Waals surface area (Å²) in [7, 11) is 0. The number of fused-ring (bicyclic) bond motifs is 2. The molecule has 57 heavy (non-hydrogen) atoms. The van der Waals surface area contributed by atoms with E-state index in [2.05, 4.69) is 63.1 Å². The van der Waals surface area contributed by atoms with Gasteiger partial charge in [-0.1, -0.05) is 95.5 Å². The predicted octanol–water partition coefficient (Wildman–Crippen LogP) is 2.54. The maximum atomic E-state index is 10.3. The zero-order chi connectivity index (χ0) is 40.6. The second-order valence-corrected chi connectivity index (χ2v) is 13.9. The number of H-pyrrole nitrogens is 1. The van der Waals surface area contributed by atoms with E-state index >= 15 is 0 Å². The molecule has 2 fully saturated rings. The number of aliphatic hydroxyl groups is 6. The van der Waals surface area contributed by atoms with Crippen molar-refractivity contribution in [2.75, 3.05) is 35.0 Å². The molecule has 0 spiro atoms. The summed E-state index contributed by atoms with van der Waals surface area (Å²) in [6.45, 7) is 0.313. The fraction of sp³-hybridized carbons (Fsp3) is 0.389. The van der Waals surface area contributed by atoms with E-state index in [4.69, 9.17) is 21.7 Å². The van der Waals surface area contributed by atoms with Crippen LogP contribution in [-0.4, -0.2) is 131 Å². The van der Waals surface area contributed by atoms with Crippen molar-refractivity contribution in [2.24, 2.45) is 0 Å². The third-order valence-corrected chi connectivity index (χ3v) is 10.2. The van der Waals surface area contributed by atoms with Crippen LogP contribution < -0.4 is 10.6 Å². The minimum Gasteiger partial charge on any atom is -0.394 e. The van der Waals surface area contributed by atoms with Crippen molar-refractivity contribution < 1.29 is 40.1 Å². The molecule has 2 aliphatic heterocycles. The molecule has 6 heterocycles. The van der Waals surface area contributed by atoms with Crippen LogP contribution in [0, 0.1) is 4.64 Å². The molecular formula is C36H43IN10O8S2. The van der Waals surface area contributed by atoms with Crippen LogP contribution >= 0.6 is 46.6 Å². The van der Waals surface area contributed by atoms with Gasteiger partial charge in [0.05, 0.1) is 25.9 Å². The van der Waals surface area contributed by atoms with Crippen molar-refractivity contribution >= 4 is 80.8 Å². The number of anilines is 2. The van der Waals surface area contributed by atoms with Crippen molar-refractivity contribution in [1.29, 1.82) is 0 Å². The zero-order valence-electron chi connectivity index (χ0n) is 30.7. The Morgan fingerprint density at radius 3 is 1.81 bits per heavy atom. The number of aliphatic hydroxyl groups excluding tert-OH is 6. The highest BCUT2D eigenvalue weighted by atomic mass is 127. The Hall–Kier alpha value is -3.88. The van der Waals surface area contributed by atoms with Crippen LogP contribution in [-0.2, 0) is 22.6 Å². The number of imidazole rings is 2. The fourth-order valence-electron chi connectivity index (χ4n) is 6.29.